The van der Waals surface area contributed by atoms with E-state index in [9.17, 15) is 4.79 Å². The van der Waals surface area contributed by atoms with Crippen molar-refractivity contribution < 1.29 is 19.1 Å². The molecule has 28 heavy (non-hydrogen) atoms. The summed E-state index contributed by atoms with van der Waals surface area (Å²) in [5, 5.41) is 8.54. The summed E-state index contributed by atoms with van der Waals surface area (Å²) in [4.78, 5) is 15.0. The van der Waals surface area contributed by atoms with Gasteiger partial charge in [0.05, 0.1) is 12.3 Å². The Morgan fingerprint density at radius 1 is 1.11 bits per heavy atom. The molecular formula is C23H21NO4. The number of carbonyl (C=O) groups is 1. The number of rotatable bonds is 8. The summed E-state index contributed by atoms with van der Waals surface area (Å²) >= 11 is 0. The Bertz CT molecular complexity index is 970. The molecule has 0 saturated carbocycles. The van der Waals surface area contributed by atoms with Crippen molar-refractivity contribution in [3.63, 3.8) is 0 Å². The molecule has 5 nitrogen and oxygen atoms in total. The van der Waals surface area contributed by atoms with Crippen molar-refractivity contribution in [3.05, 3.63) is 89.8 Å². The van der Waals surface area contributed by atoms with Gasteiger partial charge in [-0.2, -0.15) is 0 Å². The molecule has 0 radical (unpaired) electrons. The van der Waals surface area contributed by atoms with E-state index < -0.39 is 5.97 Å². The summed E-state index contributed by atoms with van der Waals surface area (Å²) < 4.78 is 11.6. The summed E-state index contributed by atoms with van der Waals surface area (Å²) in [7, 11) is 0. The van der Waals surface area contributed by atoms with E-state index >= 15 is 0 Å². The second-order valence-electron chi connectivity index (χ2n) is 6.11. The molecule has 3 rings (SSSR count). The zero-order valence-electron chi connectivity index (χ0n) is 15.5. The molecule has 0 bridgehead atoms. The third-order valence-corrected chi connectivity index (χ3v) is 4.04. The SMILES string of the molecule is Cc1oc(-c2ccccc2)nc1CCOc1ccc(C=C/C=C/C(=O)O)cc1. The Morgan fingerprint density at radius 3 is 2.57 bits per heavy atom. The number of carboxylic acid groups (broad SMARTS) is 1. The van der Waals surface area contributed by atoms with Gasteiger partial charge in [-0.3, -0.25) is 0 Å². The summed E-state index contributed by atoms with van der Waals surface area (Å²) in [6.07, 6.45) is 6.73. The van der Waals surface area contributed by atoms with Crippen LogP contribution in [-0.2, 0) is 11.2 Å². The lowest BCUT2D eigenvalue weighted by molar-refractivity contribution is -0.131. The number of allylic oxidation sites excluding steroid dienone is 2. The van der Waals surface area contributed by atoms with E-state index in [2.05, 4.69) is 4.98 Å². The van der Waals surface area contributed by atoms with Gasteiger partial charge in [0.1, 0.15) is 11.5 Å². The largest absolute Gasteiger partial charge is 0.493 e. The number of hydrogen-bond acceptors (Lipinski definition) is 4. The summed E-state index contributed by atoms with van der Waals surface area (Å²) in [6.45, 7) is 2.41. The first kappa shape index (κ1) is 19.2. The average Bonchev–Trinajstić information content (AvgIpc) is 3.08. The van der Waals surface area contributed by atoms with Crippen molar-refractivity contribution in [2.75, 3.05) is 6.61 Å². The predicted molar refractivity (Wildman–Crippen MR) is 108 cm³/mol. The van der Waals surface area contributed by atoms with Crippen LogP contribution in [-0.4, -0.2) is 22.7 Å². The molecule has 2 aromatic carbocycles. The fourth-order valence-corrected chi connectivity index (χ4v) is 2.61. The van der Waals surface area contributed by atoms with Gasteiger partial charge in [-0.25, -0.2) is 9.78 Å². The molecule has 0 saturated heterocycles. The lowest BCUT2D eigenvalue weighted by atomic mass is 10.2. The molecule has 0 amide bonds. The molecule has 1 aromatic heterocycles. The van der Waals surface area contributed by atoms with Gasteiger partial charge in [0.15, 0.2) is 0 Å². The standard InChI is InChI=1S/C23H21NO4/c1-17-21(24-23(28-17)19-8-3-2-4-9-19)15-16-27-20-13-11-18(12-14-20)7-5-6-10-22(25)26/h2-14H,15-16H2,1H3,(H,25,26)/b7-5?,10-6+. The topological polar surface area (TPSA) is 72.6 Å². The Balaban J connectivity index is 1.53. The number of ether oxygens (including phenoxy) is 1. The second kappa shape index (κ2) is 9.37. The molecule has 142 valence electrons. The number of aromatic nitrogens is 1. The Hall–Kier alpha value is -3.60. The number of nitrogens with zero attached hydrogens (tertiary/aromatic N) is 1. The zero-order chi connectivity index (χ0) is 19.8. The van der Waals surface area contributed by atoms with Gasteiger partial charge >= 0.3 is 5.97 Å². The second-order valence-corrected chi connectivity index (χ2v) is 6.11. The van der Waals surface area contributed by atoms with Crippen molar-refractivity contribution in [2.45, 2.75) is 13.3 Å². The average molecular weight is 375 g/mol. The quantitative estimate of drug-likeness (QED) is 0.447. The van der Waals surface area contributed by atoms with Gasteiger partial charge in [0.2, 0.25) is 5.89 Å². The van der Waals surface area contributed by atoms with Crippen LogP contribution in [0.1, 0.15) is 17.0 Å². The first-order valence-corrected chi connectivity index (χ1v) is 8.94. The van der Waals surface area contributed by atoms with Crippen LogP contribution >= 0.6 is 0 Å². The molecular weight excluding hydrogens is 354 g/mol. The van der Waals surface area contributed by atoms with Crippen LogP contribution in [0, 0.1) is 6.92 Å². The normalized spacial score (nSPS) is 11.3. The zero-order valence-corrected chi connectivity index (χ0v) is 15.5. The van der Waals surface area contributed by atoms with Crippen LogP contribution < -0.4 is 4.74 Å². The minimum atomic E-state index is -0.966. The summed E-state index contributed by atoms with van der Waals surface area (Å²) in [6, 6.07) is 17.4. The molecule has 5 heteroatoms. The molecule has 0 fully saturated rings. The van der Waals surface area contributed by atoms with E-state index in [1.165, 1.54) is 6.08 Å². The molecule has 0 atom stereocenters. The summed E-state index contributed by atoms with van der Waals surface area (Å²) in [5.74, 6) is 1.23. The van der Waals surface area contributed by atoms with E-state index in [1.807, 2.05) is 67.6 Å². The van der Waals surface area contributed by atoms with Crippen molar-refractivity contribution in [1.82, 2.24) is 4.98 Å². The Labute approximate surface area is 163 Å². The van der Waals surface area contributed by atoms with E-state index in [1.54, 1.807) is 6.08 Å². The number of hydrogen-bond donors (Lipinski definition) is 1. The van der Waals surface area contributed by atoms with Crippen LogP contribution in [0.5, 0.6) is 5.75 Å². The number of aryl methyl sites for hydroxylation is 1. The molecule has 0 aliphatic heterocycles. The molecule has 1 N–H and O–H groups in total. The number of oxazole rings is 1. The highest BCUT2D eigenvalue weighted by Crippen LogP contribution is 2.22. The van der Waals surface area contributed by atoms with E-state index in [0.29, 0.717) is 18.9 Å². The van der Waals surface area contributed by atoms with Crippen LogP contribution in [0.3, 0.4) is 0 Å². The summed E-state index contributed by atoms with van der Waals surface area (Å²) in [5.41, 5.74) is 2.81. The fourth-order valence-electron chi connectivity index (χ4n) is 2.61. The van der Waals surface area contributed by atoms with Gasteiger partial charge in [-0.15, -0.1) is 0 Å². The minimum Gasteiger partial charge on any atom is -0.493 e. The van der Waals surface area contributed by atoms with Crippen LogP contribution in [0.25, 0.3) is 17.5 Å². The maximum absolute atomic E-state index is 10.4. The fraction of sp³-hybridized carbons (Fsp3) is 0.130. The highest BCUT2D eigenvalue weighted by molar-refractivity contribution is 5.80. The van der Waals surface area contributed by atoms with Gasteiger partial charge < -0.3 is 14.3 Å². The molecule has 0 unspecified atom stereocenters. The molecule has 1 heterocycles. The van der Waals surface area contributed by atoms with Gasteiger partial charge in [-0.05, 0) is 36.8 Å². The van der Waals surface area contributed by atoms with E-state index in [0.717, 1.165) is 34.4 Å². The highest BCUT2D eigenvalue weighted by Gasteiger charge is 2.11. The smallest absolute Gasteiger partial charge is 0.328 e. The molecule has 0 aliphatic carbocycles. The third-order valence-electron chi connectivity index (χ3n) is 4.04. The van der Waals surface area contributed by atoms with Crippen molar-refractivity contribution in [1.29, 1.82) is 0 Å². The predicted octanol–water partition coefficient (Wildman–Crippen LogP) is 4.93. The van der Waals surface area contributed by atoms with Gasteiger partial charge in [0, 0.05) is 18.1 Å². The lowest BCUT2D eigenvalue weighted by Gasteiger charge is -2.05. The van der Waals surface area contributed by atoms with Crippen molar-refractivity contribution in [3.8, 4) is 17.2 Å². The first-order chi connectivity index (χ1) is 13.6. The molecule has 0 aliphatic rings. The molecule has 0 spiro atoms. The van der Waals surface area contributed by atoms with Gasteiger partial charge in [-0.1, -0.05) is 48.6 Å². The number of benzene rings is 2. The van der Waals surface area contributed by atoms with Crippen LogP contribution in [0.4, 0.5) is 0 Å². The van der Waals surface area contributed by atoms with E-state index in [4.69, 9.17) is 14.3 Å². The minimum absolute atomic E-state index is 0.498. The van der Waals surface area contributed by atoms with Crippen LogP contribution in [0.15, 0.2) is 77.2 Å². The van der Waals surface area contributed by atoms with Gasteiger partial charge in [0.25, 0.3) is 0 Å². The maximum Gasteiger partial charge on any atom is 0.328 e. The van der Waals surface area contributed by atoms with Crippen molar-refractivity contribution >= 4 is 12.0 Å². The Morgan fingerprint density at radius 2 is 1.86 bits per heavy atom. The third kappa shape index (κ3) is 5.45. The number of aliphatic carboxylic acids is 1. The lowest BCUT2D eigenvalue weighted by Crippen LogP contribution is -2.02. The van der Waals surface area contributed by atoms with Crippen LogP contribution in [0.2, 0.25) is 0 Å². The molecule has 3 aromatic rings. The maximum atomic E-state index is 10.4. The monoisotopic (exact) mass is 375 g/mol. The Kier molecular flexibility index (Phi) is 6.41. The van der Waals surface area contributed by atoms with Crippen molar-refractivity contribution in [2.24, 2.45) is 0 Å². The number of carboxylic acids is 1. The van der Waals surface area contributed by atoms with E-state index in [-0.39, 0.29) is 0 Å². The highest BCUT2D eigenvalue weighted by atomic mass is 16.5. The first-order valence-electron chi connectivity index (χ1n) is 8.94.